The molecule has 14 nitrogen and oxygen atoms in total. The summed E-state index contributed by atoms with van der Waals surface area (Å²) in [5.41, 5.74) is 22.7. The van der Waals surface area contributed by atoms with E-state index in [4.69, 9.17) is 52.5 Å². The topological polar surface area (TPSA) is 162 Å². The molecule has 20 aromatic rings. The van der Waals surface area contributed by atoms with Gasteiger partial charge in [0.15, 0.2) is 34.9 Å². The SMILES string of the molecule is [C-]#[N+]c1cc(-n2c3ccccc3c3cc4c(cc32)-c2ccccc2C42c3ccccc3Oc3ccccc32)cc(C#N)c1-c1nc(-c2ccccc2)nc(-c2ccccc2)n1.[C-]#[N+]c1cc(-n2c3ccccc3c3cc4c(cc32)C2(c3ccccc3Oc3ccccc32)c2ccccc2-4)cc(C#N)c1-c1nc(-c2ccccc2)nc(-c2ccccc2)n1. The van der Waals surface area contributed by atoms with Crippen molar-refractivity contribution in [3.8, 4) is 137 Å². The largest absolute Gasteiger partial charge is 0.457 e. The van der Waals surface area contributed by atoms with Crippen molar-refractivity contribution in [1.82, 2.24) is 39.0 Å². The van der Waals surface area contributed by atoms with Gasteiger partial charge >= 0.3 is 0 Å². The number of aromatic nitrogens is 8. The maximum absolute atomic E-state index is 11.0. The molecule has 0 radical (unpaired) electrons. The van der Waals surface area contributed by atoms with Crippen molar-refractivity contribution < 1.29 is 9.47 Å². The lowest BCUT2D eigenvalue weighted by Crippen LogP contribution is -2.32. The highest BCUT2D eigenvalue weighted by molar-refractivity contribution is 6.14. The van der Waals surface area contributed by atoms with Gasteiger partial charge in [-0.15, -0.1) is 0 Å². The highest BCUT2D eigenvalue weighted by Gasteiger charge is 2.53. The van der Waals surface area contributed by atoms with Crippen LogP contribution in [0.3, 0.4) is 0 Å². The van der Waals surface area contributed by atoms with Crippen molar-refractivity contribution in [2.45, 2.75) is 10.8 Å². The Balaban J connectivity index is 0.000000142. The second-order valence-corrected chi connectivity index (χ2v) is 30.6. The van der Waals surface area contributed by atoms with Crippen LogP contribution in [0.15, 0.2) is 364 Å². The van der Waals surface area contributed by atoms with Crippen molar-refractivity contribution in [3.05, 3.63) is 442 Å². The van der Waals surface area contributed by atoms with E-state index in [0.29, 0.717) is 51.4 Å². The molecule has 0 fully saturated rings. The maximum atomic E-state index is 11.0. The van der Waals surface area contributed by atoms with Gasteiger partial charge in [0.2, 0.25) is 11.4 Å². The van der Waals surface area contributed by atoms with Crippen molar-refractivity contribution in [1.29, 1.82) is 10.5 Å². The van der Waals surface area contributed by atoms with Gasteiger partial charge in [0, 0.05) is 88.6 Å². The van der Waals surface area contributed by atoms with E-state index in [2.05, 4.69) is 213 Å². The molecule has 2 spiro atoms. The number of hydrogen-bond acceptors (Lipinski definition) is 10. The summed E-state index contributed by atoms with van der Waals surface area (Å²) in [4.78, 5) is 37.5. The molecule has 4 aliphatic rings. The summed E-state index contributed by atoms with van der Waals surface area (Å²) in [6.07, 6.45) is 0. The lowest BCUT2D eigenvalue weighted by molar-refractivity contribution is 0.436. The quantitative estimate of drug-likeness (QED) is 0.134. The molecule has 2 aliphatic carbocycles. The number of hydrogen-bond donors (Lipinski definition) is 0. The highest BCUT2D eigenvalue weighted by atomic mass is 16.5. The normalized spacial score (nSPS) is 12.8. The number of para-hydroxylation sites is 6. The number of fused-ring (bicyclic) bond motifs is 24. The third-order valence-corrected chi connectivity index (χ3v) is 24.3. The van der Waals surface area contributed by atoms with Crippen LogP contribution in [0, 0.1) is 35.8 Å². The first kappa shape index (κ1) is 70.1. The van der Waals surface area contributed by atoms with Crippen LogP contribution >= 0.6 is 0 Å². The molecule has 24 rings (SSSR count). The molecular weight excluding hydrogens is 1500 g/mol. The summed E-state index contributed by atoms with van der Waals surface area (Å²) in [6.45, 7) is 17.1. The van der Waals surface area contributed by atoms with Crippen LogP contribution in [-0.4, -0.2) is 39.0 Å². The van der Waals surface area contributed by atoms with Gasteiger partial charge in [-0.05, 0) is 129 Å². The monoisotopic (exact) mass is 1560 g/mol. The molecule has 4 aromatic heterocycles. The first-order valence-electron chi connectivity index (χ1n) is 40.1. The maximum Gasteiger partial charge on any atom is 0.201 e. The fourth-order valence-electron chi connectivity index (χ4n) is 19.3. The number of nitriles is 2. The fourth-order valence-corrected chi connectivity index (χ4v) is 19.3. The van der Waals surface area contributed by atoms with E-state index < -0.39 is 10.8 Å². The van der Waals surface area contributed by atoms with E-state index in [0.717, 1.165) is 133 Å². The van der Waals surface area contributed by atoms with E-state index in [1.807, 2.05) is 182 Å². The van der Waals surface area contributed by atoms with Crippen LogP contribution in [-0.2, 0) is 10.8 Å². The average molecular weight is 1560 g/mol. The molecule has 0 N–H and O–H groups in total. The molecule has 0 saturated carbocycles. The van der Waals surface area contributed by atoms with Crippen LogP contribution in [0.4, 0.5) is 11.4 Å². The van der Waals surface area contributed by atoms with Gasteiger partial charge in [0.1, 0.15) is 23.0 Å². The third-order valence-electron chi connectivity index (χ3n) is 24.3. The summed E-state index contributed by atoms with van der Waals surface area (Å²) in [5.74, 6) is 5.68. The average Bonchev–Trinajstić information content (AvgIpc) is 1.51. The molecule has 0 amide bonds. The lowest BCUT2D eigenvalue weighted by atomic mass is 9.66. The van der Waals surface area contributed by atoms with Crippen LogP contribution in [0.1, 0.15) is 55.6 Å². The number of benzene rings is 16. The molecular formula is C108H60N12O2. The van der Waals surface area contributed by atoms with Crippen molar-refractivity contribution >= 4 is 55.0 Å². The smallest absolute Gasteiger partial charge is 0.201 e. The van der Waals surface area contributed by atoms with Gasteiger partial charge in [0.25, 0.3) is 0 Å². The molecule has 6 heterocycles. The minimum atomic E-state index is -0.665. The molecule has 0 bridgehead atoms. The number of nitrogens with zero attached hydrogens (tertiary/aromatic N) is 12. The van der Waals surface area contributed by atoms with Gasteiger partial charge < -0.3 is 18.6 Å². The molecule has 122 heavy (non-hydrogen) atoms. The molecule has 564 valence electrons. The molecule has 0 saturated heterocycles. The van der Waals surface area contributed by atoms with Crippen LogP contribution in [0.5, 0.6) is 23.0 Å². The van der Waals surface area contributed by atoms with Gasteiger partial charge in [0.05, 0.1) is 69.3 Å². The Labute approximate surface area is 700 Å². The zero-order chi connectivity index (χ0) is 81.3. The minimum Gasteiger partial charge on any atom is -0.457 e. The Morgan fingerprint density at radius 2 is 0.566 bits per heavy atom. The summed E-state index contributed by atoms with van der Waals surface area (Å²) in [5, 5.41) is 26.1. The summed E-state index contributed by atoms with van der Waals surface area (Å²) < 4.78 is 17.6. The van der Waals surface area contributed by atoms with Crippen LogP contribution < -0.4 is 9.47 Å². The van der Waals surface area contributed by atoms with E-state index >= 15 is 0 Å². The molecule has 16 aromatic carbocycles. The summed E-state index contributed by atoms with van der Waals surface area (Å²) in [7, 11) is 0. The predicted octanol–water partition coefficient (Wildman–Crippen LogP) is 25.7. The number of ether oxygens (including phenoxy) is 2. The zero-order valence-corrected chi connectivity index (χ0v) is 64.8. The Morgan fingerprint density at radius 1 is 0.262 bits per heavy atom. The standard InChI is InChI=1S/2C54H30N6O/c1-56-45-29-36(28-35(32-55)50(45)53-58-51(33-16-4-2-5-17-33)57-52(59-53)34-18-6-3-7-19-34)60-46-25-13-9-21-38(46)40-30-44-39(31-47(40)60)37-20-8-10-22-41(37)54(44)42-23-11-14-26-48(42)61-49-27-15-12-24-43(49)54;1-56-45-29-36(28-35(32-55)50(45)53-58-51(33-16-4-2-5-17-33)57-52(59-53)34-18-6-3-7-19-34)60-46-25-13-9-21-38(46)40-30-39-37-20-8-10-22-41(37)54(44(39)31-47(40)60)42-23-11-14-26-48(42)61-49-27-15-12-24-43(49)54/h2*2-31H. The summed E-state index contributed by atoms with van der Waals surface area (Å²) in [6, 6.07) is 128. The second kappa shape index (κ2) is 27.7. The van der Waals surface area contributed by atoms with Crippen molar-refractivity contribution in [2.75, 3.05) is 0 Å². The molecule has 14 heteroatoms. The van der Waals surface area contributed by atoms with E-state index in [1.165, 1.54) is 22.3 Å². The van der Waals surface area contributed by atoms with Crippen molar-refractivity contribution in [2.24, 2.45) is 0 Å². The molecule has 2 aliphatic heterocycles. The van der Waals surface area contributed by atoms with Gasteiger partial charge in [-0.2, -0.15) is 10.5 Å². The van der Waals surface area contributed by atoms with Gasteiger partial charge in [-0.3, -0.25) is 0 Å². The molecule has 0 atom stereocenters. The van der Waals surface area contributed by atoms with E-state index in [-0.39, 0.29) is 28.6 Å². The Morgan fingerprint density at radius 3 is 0.943 bits per heavy atom. The van der Waals surface area contributed by atoms with E-state index in [9.17, 15) is 10.5 Å². The second-order valence-electron chi connectivity index (χ2n) is 30.6. The van der Waals surface area contributed by atoms with Gasteiger partial charge in [-0.1, -0.05) is 279 Å². The summed E-state index contributed by atoms with van der Waals surface area (Å²) >= 11 is 0. The Bertz CT molecular complexity index is 7740. The first-order valence-corrected chi connectivity index (χ1v) is 40.1. The Kier molecular flexibility index (Phi) is 15.9. The lowest BCUT2D eigenvalue weighted by Gasteiger charge is -2.39. The minimum absolute atomic E-state index is 0.262. The number of rotatable bonds is 8. The predicted molar refractivity (Wildman–Crippen MR) is 478 cm³/mol. The molecule has 0 unspecified atom stereocenters. The Hall–Kier alpha value is -17.3. The van der Waals surface area contributed by atoms with E-state index in [1.54, 1.807) is 0 Å². The first-order chi connectivity index (χ1) is 60.3. The van der Waals surface area contributed by atoms with Crippen LogP contribution in [0.2, 0.25) is 0 Å². The highest BCUT2D eigenvalue weighted by Crippen LogP contribution is 2.65. The third kappa shape index (κ3) is 10.5. The van der Waals surface area contributed by atoms with Crippen LogP contribution in [0.25, 0.3) is 155 Å². The fraction of sp³-hybridized carbons (Fsp3) is 0.0185. The van der Waals surface area contributed by atoms with Gasteiger partial charge in [-0.25, -0.2) is 39.6 Å². The van der Waals surface area contributed by atoms with Crippen molar-refractivity contribution in [3.63, 3.8) is 0 Å². The zero-order valence-electron chi connectivity index (χ0n) is 64.8.